The van der Waals surface area contributed by atoms with E-state index in [0.717, 1.165) is 19.5 Å². The van der Waals surface area contributed by atoms with Crippen LogP contribution >= 0.6 is 0 Å². The molecule has 5 heteroatoms. The van der Waals surface area contributed by atoms with Gasteiger partial charge in [-0.1, -0.05) is 0 Å². The predicted octanol–water partition coefficient (Wildman–Crippen LogP) is 0.678. The van der Waals surface area contributed by atoms with Crippen LogP contribution in [0.25, 0.3) is 0 Å². The van der Waals surface area contributed by atoms with Crippen molar-refractivity contribution in [2.45, 2.75) is 12.0 Å². The summed E-state index contributed by atoms with van der Waals surface area (Å²) in [5, 5.41) is 3.31. The van der Waals surface area contributed by atoms with Gasteiger partial charge in [-0.2, -0.15) is 0 Å². The van der Waals surface area contributed by atoms with Crippen LogP contribution < -0.4 is 5.32 Å². The minimum Gasteiger partial charge on any atom is -0.377 e. The Morgan fingerprint density at radius 3 is 2.21 bits per heavy atom. The molecule has 0 aromatic carbocycles. The summed E-state index contributed by atoms with van der Waals surface area (Å²) in [5.74, 6) is 0.501. The SMILES string of the molecule is [CH2]C(C1CCNC1)[Si](OC)(OC)OC. The van der Waals surface area contributed by atoms with E-state index in [-0.39, 0.29) is 5.54 Å². The molecule has 1 fully saturated rings. The van der Waals surface area contributed by atoms with Crippen LogP contribution in [0.4, 0.5) is 0 Å². The van der Waals surface area contributed by atoms with E-state index in [0.29, 0.717) is 5.92 Å². The lowest BCUT2D eigenvalue weighted by Gasteiger charge is -2.33. The van der Waals surface area contributed by atoms with Gasteiger partial charge in [0.25, 0.3) is 0 Å². The molecule has 1 aliphatic rings. The largest absolute Gasteiger partial charge is 0.503 e. The highest BCUT2D eigenvalue weighted by Gasteiger charge is 2.48. The van der Waals surface area contributed by atoms with Crippen LogP contribution in [0.2, 0.25) is 5.54 Å². The van der Waals surface area contributed by atoms with Crippen LogP contribution in [0.5, 0.6) is 0 Å². The molecule has 1 N–H and O–H groups in total. The van der Waals surface area contributed by atoms with E-state index in [2.05, 4.69) is 12.2 Å². The van der Waals surface area contributed by atoms with Crippen LogP contribution in [-0.2, 0) is 13.3 Å². The summed E-state index contributed by atoms with van der Waals surface area (Å²) in [4.78, 5) is 0. The van der Waals surface area contributed by atoms with E-state index in [1.165, 1.54) is 0 Å². The standard InChI is InChI=1S/C9H20NO3Si/c1-8(9-5-6-10-7-9)14(11-2,12-3)13-4/h8-10H,1,5-7H2,2-4H3. The molecular weight excluding hydrogens is 198 g/mol. The maximum atomic E-state index is 5.41. The van der Waals surface area contributed by atoms with Gasteiger partial charge in [-0.15, -0.1) is 0 Å². The molecule has 0 aliphatic carbocycles. The third-order valence-electron chi connectivity index (χ3n) is 2.98. The zero-order chi connectivity index (χ0) is 10.6. The molecule has 2 unspecified atom stereocenters. The quantitative estimate of drug-likeness (QED) is 0.689. The van der Waals surface area contributed by atoms with E-state index in [9.17, 15) is 0 Å². The van der Waals surface area contributed by atoms with Crippen molar-refractivity contribution in [3.8, 4) is 0 Å². The van der Waals surface area contributed by atoms with Gasteiger partial charge in [0.15, 0.2) is 0 Å². The van der Waals surface area contributed by atoms with Crippen molar-refractivity contribution >= 4 is 8.80 Å². The Labute approximate surface area is 87.3 Å². The van der Waals surface area contributed by atoms with Gasteiger partial charge in [0.1, 0.15) is 0 Å². The van der Waals surface area contributed by atoms with Crippen LogP contribution in [0, 0.1) is 12.8 Å². The van der Waals surface area contributed by atoms with Crippen molar-refractivity contribution in [1.29, 1.82) is 0 Å². The van der Waals surface area contributed by atoms with Gasteiger partial charge < -0.3 is 18.6 Å². The Morgan fingerprint density at radius 1 is 1.29 bits per heavy atom. The zero-order valence-corrected chi connectivity index (χ0v) is 10.2. The Balaban J connectivity index is 2.65. The average Bonchev–Trinajstić information content (AvgIpc) is 2.74. The minimum atomic E-state index is -2.54. The topological polar surface area (TPSA) is 39.7 Å². The number of hydrogen-bond donors (Lipinski definition) is 1. The molecule has 0 spiro atoms. The Morgan fingerprint density at radius 2 is 1.86 bits per heavy atom. The number of nitrogens with one attached hydrogen (secondary N) is 1. The molecule has 1 rings (SSSR count). The van der Waals surface area contributed by atoms with E-state index in [4.69, 9.17) is 13.3 Å². The highest BCUT2D eigenvalue weighted by atomic mass is 28.4. The molecule has 1 heterocycles. The molecule has 2 atom stereocenters. The van der Waals surface area contributed by atoms with Gasteiger partial charge >= 0.3 is 8.80 Å². The fraction of sp³-hybridized carbons (Fsp3) is 0.889. The van der Waals surface area contributed by atoms with Crippen LogP contribution in [0.15, 0.2) is 0 Å². The molecule has 1 aliphatic heterocycles. The summed E-state index contributed by atoms with van der Waals surface area (Å²) in [6.45, 7) is 6.19. The van der Waals surface area contributed by atoms with E-state index in [1.54, 1.807) is 21.3 Å². The van der Waals surface area contributed by atoms with Crippen LogP contribution in [0.3, 0.4) is 0 Å². The highest BCUT2D eigenvalue weighted by molar-refractivity contribution is 6.62. The summed E-state index contributed by atoms with van der Waals surface area (Å²) in [5.41, 5.74) is 0.109. The van der Waals surface area contributed by atoms with Crippen molar-refractivity contribution in [2.24, 2.45) is 5.92 Å². The van der Waals surface area contributed by atoms with Gasteiger partial charge in [-0.25, -0.2) is 0 Å². The maximum Gasteiger partial charge on any atom is 0.503 e. The first-order valence-electron chi connectivity index (χ1n) is 4.89. The Bertz CT molecular complexity index is 161. The second-order valence-corrected chi connectivity index (χ2v) is 6.75. The molecule has 0 bridgehead atoms. The molecule has 0 amide bonds. The minimum absolute atomic E-state index is 0.109. The van der Waals surface area contributed by atoms with Crippen molar-refractivity contribution in [3.05, 3.63) is 6.92 Å². The lowest BCUT2D eigenvalue weighted by Crippen LogP contribution is -2.49. The highest BCUT2D eigenvalue weighted by Crippen LogP contribution is 2.33. The Kier molecular flexibility index (Phi) is 4.53. The van der Waals surface area contributed by atoms with Crippen molar-refractivity contribution < 1.29 is 13.3 Å². The van der Waals surface area contributed by atoms with E-state index in [1.807, 2.05) is 0 Å². The molecule has 0 saturated carbocycles. The first-order chi connectivity index (χ1) is 6.70. The van der Waals surface area contributed by atoms with Gasteiger partial charge in [-0.3, -0.25) is 0 Å². The van der Waals surface area contributed by atoms with Gasteiger partial charge in [0.2, 0.25) is 0 Å². The average molecular weight is 218 g/mol. The lowest BCUT2D eigenvalue weighted by atomic mass is 10.1. The summed E-state index contributed by atoms with van der Waals surface area (Å²) in [6.07, 6.45) is 1.12. The van der Waals surface area contributed by atoms with Gasteiger partial charge in [-0.05, 0) is 32.4 Å². The number of rotatable bonds is 5. The zero-order valence-electron chi connectivity index (χ0n) is 9.21. The molecular formula is C9H20NO3Si. The molecule has 1 radical (unpaired) electrons. The molecule has 0 aromatic rings. The monoisotopic (exact) mass is 218 g/mol. The molecule has 83 valence electrons. The third kappa shape index (κ3) is 2.17. The fourth-order valence-electron chi connectivity index (χ4n) is 2.01. The normalized spacial score (nSPS) is 25.3. The van der Waals surface area contributed by atoms with Gasteiger partial charge in [0, 0.05) is 26.9 Å². The smallest absolute Gasteiger partial charge is 0.377 e. The molecule has 1 saturated heterocycles. The third-order valence-corrected chi connectivity index (χ3v) is 6.06. The molecule has 14 heavy (non-hydrogen) atoms. The van der Waals surface area contributed by atoms with Crippen molar-refractivity contribution in [1.82, 2.24) is 5.32 Å². The second-order valence-electron chi connectivity index (χ2n) is 3.58. The van der Waals surface area contributed by atoms with Crippen molar-refractivity contribution in [2.75, 3.05) is 34.4 Å². The predicted molar refractivity (Wildman–Crippen MR) is 56.9 cm³/mol. The lowest BCUT2D eigenvalue weighted by molar-refractivity contribution is 0.109. The molecule has 0 aromatic heterocycles. The molecule has 4 nitrogen and oxygen atoms in total. The fourth-order valence-corrected chi connectivity index (χ4v) is 4.28. The van der Waals surface area contributed by atoms with E-state index >= 15 is 0 Å². The van der Waals surface area contributed by atoms with Crippen LogP contribution in [-0.4, -0.2) is 43.2 Å². The first kappa shape index (κ1) is 12.1. The second kappa shape index (κ2) is 5.23. The summed E-state index contributed by atoms with van der Waals surface area (Å²) < 4.78 is 16.2. The van der Waals surface area contributed by atoms with Crippen molar-refractivity contribution in [3.63, 3.8) is 0 Å². The number of hydrogen-bond acceptors (Lipinski definition) is 4. The van der Waals surface area contributed by atoms with Crippen LogP contribution in [0.1, 0.15) is 6.42 Å². The summed E-state index contributed by atoms with van der Waals surface area (Å²) in [7, 11) is 2.38. The maximum absolute atomic E-state index is 5.41. The van der Waals surface area contributed by atoms with Gasteiger partial charge in [0.05, 0.1) is 0 Å². The summed E-state index contributed by atoms with van der Waals surface area (Å²) >= 11 is 0. The first-order valence-corrected chi connectivity index (χ1v) is 6.69. The Hall–Kier alpha value is 0.0569. The van der Waals surface area contributed by atoms with E-state index < -0.39 is 8.80 Å². The summed E-state index contributed by atoms with van der Waals surface area (Å²) in [6, 6.07) is 0.